The van der Waals surface area contributed by atoms with Crippen molar-refractivity contribution in [2.24, 2.45) is 0 Å². The Morgan fingerprint density at radius 3 is 2.33 bits per heavy atom. The maximum absolute atomic E-state index is 13.6. The number of hydrogen-bond acceptors (Lipinski definition) is 3. The van der Waals surface area contributed by atoms with Gasteiger partial charge in [-0.1, -0.05) is 80.1 Å². The first-order chi connectivity index (χ1) is 17.5. The van der Waals surface area contributed by atoms with Gasteiger partial charge in [0.25, 0.3) is 0 Å². The van der Waals surface area contributed by atoms with Crippen LogP contribution in [0.25, 0.3) is 0 Å². The molecule has 3 aromatic rings. The summed E-state index contributed by atoms with van der Waals surface area (Å²) in [5.74, 6) is 0.373. The third-order valence-corrected chi connectivity index (χ3v) is 7.08. The monoisotopic (exact) mass is 506 g/mol. The Balaban J connectivity index is 1.83. The summed E-state index contributed by atoms with van der Waals surface area (Å²) in [5, 5.41) is 3.02. The number of carbonyl (C=O) groups excluding carboxylic acids is 2. The highest BCUT2D eigenvalue weighted by molar-refractivity contribution is 7.99. The van der Waals surface area contributed by atoms with E-state index in [0.29, 0.717) is 13.0 Å². The Labute approximate surface area is 218 Å². The normalized spacial score (nSPS) is 11.6. The highest BCUT2D eigenvalue weighted by Crippen LogP contribution is 2.20. The second-order valence-electron chi connectivity index (χ2n) is 8.92. The number of hydrogen-bond donors (Lipinski definition) is 1. The van der Waals surface area contributed by atoms with Crippen LogP contribution in [0.2, 0.25) is 0 Å². The second-order valence-corrected chi connectivity index (χ2v) is 9.90. The van der Waals surface area contributed by atoms with Gasteiger partial charge in [0, 0.05) is 25.3 Å². The third kappa shape index (κ3) is 8.52. The molecule has 36 heavy (non-hydrogen) atoms. The van der Waals surface area contributed by atoms with Gasteiger partial charge < -0.3 is 10.2 Å². The number of halogens is 1. The highest BCUT2D eigenvalue weighted by atomic mass is 32.2. The summed E-state index contributed by atoms with van der Waals surface area (Å²) in [6.07, 6.45) is 2.26. The van der Waals surface area contributed by atoms with Crippen molar-refractivity contribution >= 4 is 23.6 Å². The van der Waals surface area contributed by atoms with Crippen molar-refractivity contribution in [1.82, 2.24) is 10.2 Å². The zero-order valence-electron chi connectivity index (χ0n) is 21.1. The van der Waals surface area contributed by atoms with Crippen LogP contribution < -0.4 is 5.32 Å². The van der Waals surface area contributed by atoms with E-state index in [2.05, 4.69) is 31.3 Å². The van der Waals surface area contributed by atoms with E-state index in [1.807, 2.05) is 42.5 Å². The summed E-state index contributed by atoms with van der Waals surface area (Å²) in [5.41, 5.74) is 4.15. The van der Waals surface area contributed by atoms with Gasteiger partial charge in [-0.3, -0.25) is 9.59 Å². The second kappa shape index (κ2) is 14.4. The number of nitrogens with one attached hydrogen (secondary N) is 1. The van der Waals surface area contributed by atoms with Crippen molar-refractivity contribution in [3.63, 3.8) is 0 Å². The Morgan fingerprint density at radius 1 is 0.944 bits per heavy atom. The van der Waals surface area contributed by atoms with Crippen LogP contribution in [0.4, 0.5) is 4.39 Å². The molecule has 2 amide bonds. The molecule has 4 nitrogen and oxygen atoms in total. The molecule has 0 unspecified atom stereocenters. The summed E-state index contributed by atoms with van der Waals surface area (Å²) in [6.45, 7) is 4.95. The first-order valence-corrected chi connectivity index (χ1v) is 13.6. The molecule has 0 aliphatic heterocycles. The number of unbranched alkanes of at least 4 members (excludes halogenated alkanes) is 1. The van der Waals surface area contributed by atoms with Crippen LogP contribution in [0, 0.1) is 12.7 Å². The lowest BCUT2D eigenvalue weighted by Crippen LogP contribution is -2.51. The summed E-state index contributed by atoms with van der Waals surface area (Å²) < 4.78 is 13.5. The molecule has 190 valence electrons. The number of thioether (sulfide) groups is 1. The van der Waals surface area contributed by atoms with Gasteiger partial charge in [0.2, 0.25) is 11.8 Å². The van der Waals surface area contributed by atoms with Gasteiger partial charge in [0.15, 0.2) is 0 Å². The summed E-state index contributed by atoms with van der Waals surface area (Å²) in [6, 6.07) is 23.3. The van der Waals surface area contributed by atoms with Gasteiger partial charge in [-0.15, -0.1) is 11.8 Å². The fraction of sp³-hybridized carbons (Fsp3) is 0.333. The number of carbonyl (C=O) groups is 2. The largest absolute Gasteiger partial charge is 0.354 e. The summed E-state index contributed by atoms with van der Waals surface area (Å²) >= 11 is 1.54. The molecule has 0 spiro atoms. The Morgan fingerprint density at radius 2 is 1.64 bits per heavy atom. The first-order valence-electron chi connectivity index (χ1n) is 12.5. The van der Waals surface area contributed by atoms with Crippen molar-refractivity contribution in [3.05, 3.63) is 107 Å². The molecule has 0 saturated carbocycles. The number of nitrogens with zero attached hydrogens (tertiary/aromatic N) is 1. The lowest BCUT2D eigenvalue weighted by molar-refractivity contribution is -0.139. The molecule has 6 heteroatoms. The summed E-state index contributed by atoms with van der Waals surface area (Å²) in [7, 11) is 0. The average Bonchev–Trinajstić information content (AvgIpc) is 2.89. The maximum Gasteiger partial charge on any atom is 0.243 e. The molecule has 1 N–H and O–H groups in total. The van der Waals surface area contributed by atoms with Gasteiger partial charge in [-0.05, 0) is 47.7 Å². The first kappa shape index (κ1) is 27.5. The zero-order valence-corrected chi connectivity index (χ0v) is 21.9. The minimum absolute atomic E-state index is 0.107. The van der Waals surface area contributed by atoms with Crippen LogP contribution in [-0.4, -0.2) is 35.1 Å². The van der Waals surface area contributed by atoms with Crippen molar-refractivity contribution in [3.8, 4) is 0 Å². The lowest BCUT2D eigenvalue weighted by Gasteiger charge is -2.31. The number of aryl methyl sites for hydroxylation is 1. The van der Waals surface area contributed by atoms with E-state index in [1.54, 1.807) is 28.8 Å². The minimum atomic E-state index is -0.666. The topological polar surface area (TPSA) is 49.4 Å². The molecular weight excluding hydrogens is 471 g/mol. The Kier molecular flexibility index (Phi) is 11.0. The highest BCUT2D eigenvalue weighted by Gasteiger charge is 2.30. The van der Waals surface area contributed by atoms with Gasteiger partial charge in [0.1, 0.15) is 11.9 Å². The van der Waals surface area contributed by atoms with Crippen molar-refractivity contribution < 1.29 is 14.0 Å². The molecule has 0 bridgehead atoms. The molecule has 0 saturated heterocycles. The van der Waals surface area contributed by atoms with Gasteiger partial charge in [0.05, 0.1) is 5.75 Å². The Hall–Kier alpha value is -3.12. The van der Waals surface area contributed by atoms with E-state index in [0.717, 1.165) is 29.7 Å². The predicted octanol–water partition coefficient (Wildman–Crippen LogP) is 5.92. The molecule has 0 aliphatic carbocycles. The third-order valence-electron chi connectivity index (χ3n) is 6.11. The van der Waals surface area contributed by atoms with Gasteiger partial charge in [-0.2, -0.15) is 0 Å². The molecule has 0 fully saturated rings. The van der Waals surface area contributed by atoms with Gasteiger partial charge in [-0.25, -0.2) is 4.39 Å². The smallest absolute Gasteiger partial charge is 0.243 e. The maximum atomic E-state index is 13.6. The van der Waals surface area contributed by atoms with Crippen molar-refractivity contribution in [2.45, 2.75) is 51.4 Å². The van der Waals surface area contributed by atoms with Crippen LogP contribution in [0.3, 0.4) is 0 Å². The van der Waals surface area contributed by atoms with E-state index in [-0.39, 0.29) is 29.9 Å². The minimum Gasteiger partial charge on any atom is -0.354 e. The van der Waals surface area contributed by atoms with E-state index in [1.165, 1.54) is 23.3 Å². The standard InChI is InChI=1S/C30H35FN2O2S/c1-3-4-18-32-30(35)28(19-24-11-6-5-7-12-24)33(20-25-14-16-27(31)17-15-25)29(34)22-36-21-26-13-9-8-10-23(26)2/h5-17,28H,3-4,18-22H2,1-2H3,(H,32,35)/t28-/m1/s1. The number of benzene rings is 3. The molecule has 0 heterocycles. The number of amides is 2. The van der Waals surface area contributed by atoms with E-state index >= 15 is 0 Å². The van der Waals surface area contributed by atoms with E-state index < -0.39 is 6.04 Å². The molecule has 3 rings (SSSR count). The Bertz CT molecular complexity index is 1110. The van der Waals surface area contributed by atoms with Crippen LogP contribution in [0.15, 0.2) is 78.9 Å². The lowest BCUT2D eigenvalue weighted by atomic mass is 10.0. The SMILES string of the molecule is CCCCNC(=O)[C@@H](Cc1ccccc1)N(Cc1ccc(F)cc1)C(=O)CSCc1ccccc1C. The van der Waals surface area contributed by atoms with Crippen LogP contribution in [-0.2, 0) is 28.3 Å². The van der Waals surface area contributed by atoms with E-state index in [9.17, 15) is 14.0 Å². The van der Waals surface area contributed by atoms with Crippen molar-refractivity contribution in [2.75, 3.05) is 12.3 Å². The van der Waals surface area contributed by atoms with Gasteiger partial charge >= 0.3 is 0 Å². The average molecular weight is 507 g/mol. The molecule has 0 aromatic heterocycles. The van der Waals surface area contributed by atoms with Crippen molar-refractivity contribution in [1.29, 1.82) is 0 Å². The predicted molar refractivity (Wildman–Crippen MR) is 146 cm³/mol. The fourth-order valence-corrected chi connectivity index (χ4v) is 4.94. The number of rotatable bonds is 13. The molecule has 0 aliphatic rings. The molecular formula is C30H35FN2O2S. The molecule has 3 aromatic carbocycles. The van der Waals surface area contributed by atoms with Crippen LogP contribution >= 0.6 is 11.8 Å². The molecule has 0 radical (unpaired) electrons. The van der Waals surface area contributed by atoms with Crippen LogP contribution in [0.1, 0.15) is 42.0 Å². The fourth-order valence-electron chi connectivity index (χ4n) is 3.95. The molecule has 1 atom stereocenters. The van der Waals surface area contributed by atoms with Crippen LogP contribution in [0.5, 0.6) is 0 Å². The zero-order chi connectivity index (χ0) is 25.8. The van der Waals surface area contributed by atoms with E-state index in [4.69, 9.17) is 0 Å². The summed E-state index contributed by atoms with van der Waals surface area (Å²) in [4.78, 5) is 28.6. The quantitative estimate of drug-likeness (QED) is 0.293.